The molecule has 0 unspecified atom stereocenters. The van der Waals surface area contributed by atoms with Crippen molar-refractivity contribution < 1.29 is 17.7 Å². The topological polar surface area (TPSA) is 138 Å². The van der Waals surface area contributed by atoms with Gasteiger partial charge in [0.05, 0.1) is 16.2 Å². The lowest BCUT2D eigenvalue weighted by Gasteiger charge is -2.15. The van der Waals surface area contributed by atoms with Crippen LogP contribution in [-0.2, 0) is 27.7 Å². The zero-order valence-electron chi connectivity index (χ0n) is 19.2. The molecule has 0 atom stereocenters. The number of anilines is 2. The lowest BCUT2D eigenvalue weighted by atomic mass is 9.96. The monoisotopic (exact) mass is 511 g/mol. The van der Waals surface area contributed by atoms with Crippen LogP contribution in [0.15, 0.2) is 50.8 Å². The molecule has 9 nitrogen and oxygen atoms in total. The molecule has 1 aliphatic carbocycles. The minimum absolute atomic E-state index is 0.0224. The minimum Gasteiger partial charge on any atom is -0.360 e. The summed E-state index contributed by atoms with van der Waals surface area (Å²) >= 11 is 1.23. The van der Waals surface area contributed by atoms with Crippen LogP contribution in [0.4, 0.5) is 11.5 Å². The maximum atomic E-state index is 12.5. The first kappa shape index (κ1) is 24.8. The summed E-state index contributed by atoms with van der Waals surface area (Å²) in [5.41, 5.74) is 3.11. The highest BCUT2D eigenvalue weighted by Crippen LogP contribution is 2.27. The second kappa shape index (κ2) is 10.9. The number of nitrogens with zero attached hydrogens (tertiary/aromatic N) is 3. The highest BCUT2D eigenvalue weighted by molar-refractivity contribution is 8.00. The van der Waals surface area contributed by atoms with Crippen LogP contribution in [-0.4, -0.2) is 30.2 Å². The van der Waals surface area contributed by atoms with Gasteiger partial charge in [0.25, 0.3) is 10.0 Å². The van der Waals surface area contributed by atoms with Crippen LogP contribution in [0.3, 0.4) is 0 Å². The van der Waals surface area contributed by atoms with Crippen molar-refractivity contribution in [2.75, 3.05) is 15.8 Å². The van der Waals surface area contributed by atoms with Crippen LogP contribution in [0.2, 0.25) is 0 Å². The zero-order chi connectivity index (χ0) is 24.8. The lowest BCUT2D eigenvalue weighted by Crippen LogP contribution is -2.15. The van der Waals surface area contributed by atoms with E-state index in [1.807, 2.05) is 6.07 Å². The molecule has 2 N–H and O–H groups in total. The highest BCUT2D eigenvalue weighted by Gasteiger charge is 2.18. The molecule has 0 aliphatic heterocycles. The molecule has 3 aromatic rings. The minimum atomic E-state index is -3.84. The molecule has 1 amide bonds. The summed E-state index contributed by atoms with van der Waals surface area (Å²) in [5, 5.41) is 16.5. The average molecular weight is 512 g/mol. The van der Waals surface area contributed by atoms with Gasteiger partial charge in [-0.15, -0.1) is 0 Å². The fourth-order valence-electron chi connectivity index (χ4n) is 3.82. The van der Waals surface area contributed by atoms with Gasteiger partial charge in [-0.25, -0.2) is 13.4 Å². The van der Waals surface area contributed by atoms with Crippen molar-refractivity contribution >= 4 is 39.2 Å². The number of carbonyl (C=O) groups is 1. The first-order valence-corrected chi connectivity index (χ1v) is 13.7. The molecule has 182 valence electrons. The van der Waals surface area contributed by atoms with E-state index in [0.717, 1.165) is 36.9 Å². The molecule has 4 rings (SSSR count). The SMILES string of the molecule is Cc1cc(NS(=O)(=O)c2ccc(NC(=O)CSc3nc4c(cc3C#N)CCCCCC4)cc2)no1. The van der Waals surface area contributed by atoms with E-state index in [0.29, 0.717) is 22.0 Å². The van der Waals surface area contributed by atoms with E-state index in [1.54, 1.807) is 6.92 Å². The van der Waals surface area contributed by atoms with Gasteiger partial charge in [0.15, 0.2) is 5.82 Å². The summed E-state index contributed by atoms with van der Waals surface area (Å²) in [4.78, 5) is 17.2. The summed E-state index contributed by atoms with van der Waals surface area (Å²) < 4.78 is 32.2. The van der Waals surface area contributed by atoms with E-state index in [-0.39, 0.29) is 22.4 Å². The summed E-state index contributed by atoms with van der Waals surface area (Å²) in [5.74, 6) is 0.375. The summed E-state index contributed by atoms with van der Waals surface area (Å²) in [6.07, 6.45) is 6.38. The van der Waals surface area contributed by atoms with Crippen molar-refractivity contribution in [3.63, 3.8) is 0 Å². The van der Waals surface area contributed by atoms with Crippen molar-refractivity contribution in [3.05, 3.63) is 59.0 Å². The quantitative estimate of drug-likeness (QED) is 0.444. The fourth-order valence-corrected chi connectivity index (χ4v) is 5.58. The molecule has 0 saturated heterocycles. The normalized spacial score (nSPS) is 13.7. The number of rotatable bonds is 7. The third-order valence-corrected chi connectivity index (χ3v) is 7.90. The molecule has 1 aliphatic rings. The molecule has 0 bridgehead atoms. The third-order valence-electron chi connectivity index (χ3n) is 5.54. The van der Waals surface area contributed by atoms with Gasteiger partial charge in [-0.05, 0) is 68.5 Å². The Bertz CT molecular complexity index is 1360. The van der Waals surface area contributed by atoms with Crippen molar-refractivity contribution in [1.82, 2.24) is 10.1 Å². The molecule has 2 aromatic heterocycles. The predicted octanol–water partition coefficient (Wildman–Crippen LogP) is 4.44. The molecular formula is C24H25N5O4S2. The Morgan fingerprint density at radius 1 is 1.14 bits per heavy atom. The van der Waals surface area contributed by atoms with Gasteiger partial charge in [0, 0.05) is 17.4 Å². The van der Waals surface area contributed by atoms with Crippen molar-refractivity contribution in [1.29, 1.82) is 5.26 Å². The number of aryl methyl sites for hydroxylation is 3. The smallest absolute Gasteiger partial charge is 0.263 e. The standard InChI is InChI=1S/C24H25N5O4S2/c1-16-12-22(28-33-16)29-35(31,32)20-10-8-19(9-11-20)26-23(30)15-34-24-18(14-25)13-17-6-4-2-3-5-7-21(17)27-24/h8-13H,2-7,15H2,1H3,(H,26,30)(H,28,29). The number of nitrogens with one attached hydrogen (secondary N) is 2. The lowest BCUT2D eigenvalue weighted by molar-refractivity contribution is -0.113. The molecule has 0 spiro atoms. The molecule has 1 aromatic carbocycles. The van der Waals surface area contributed by atoms with E-state index in [1.165, 1.54) is 54.9 Å². The predicted molar refractivity (Wildman–Crippen MR) is 133 cm³/mol. The summed E-state index contributed by atoms with van der Waals surface area (Å²) in [6.45, 7) is 1.66. The summed E-state index contributed by atoms with van der Waals surface area (Å²) in [6, 6.07) is 11.4. The van der Waals surface area contributed by atoms with Crippen LogP contribution in [0.5, 0.6) is 0 Å². The Labute approximate surface area is 208 Å². The summed E-state index contributed by atoms with van der Waals surface area (Å²) in [7, 11) is -3.84. The Morgan fingerprint density at radius 3 is 2.57 bits per heavy atom. The third kappa shape index (κ3) is 6.41. The van der Waals surface area contributed by atoms with Gasteiger partial charge in [-0.1, -0.05) is 29.8 Å². The fraction of sp³-hybridized carbons (Fsp3) is 0.333. The molecule has 11 heteroatoms. The van der Waals surface area contributed by atoms with Crippen molar-refractivity contribution in [3.8, 4) is 6.07 Å². The number of amides is 1. The van der Waals surface area contributed by atoms with Gasteiger partial charge in [-0.3, -0.25) is 9.52 Å². The molecular weight excluding hydrogens is 486 g/mol. The van der Waals surface area contributed by atoms with Crippen LogP contribution < -0.4 is 10.0 Å². The van der Waals surface area contributed by atoms with Crippen LogP contribution >= 0.6 is 11.8 Å². The highest BCUT2D eigenvalue weighted by atomic mass is 32.2. The second-order valence-corrected chi connectivity index (χ2v) is 10.9. The number of pyridine rings is 1. The Hall–Kier alpha value is -3.36. The van der Waals surface area contributed by atoms with E-state index in [4.69, 9.17) is 9.51 Å². The number of carbonyl (C=O) groups excluding carboxylic acids is 1. The largest absolute Gasteiger partial charge is 0.360 e. The number of hydrogen-bond donors (Lipinski definition) is 2. The molecule has 0 saturated carbocycles. The number of aromatic nitrogens is 2. The van der Waals surface area contributed by atoms with E-state index in [9.17, 15) is 18.5 Å². The molecule has 0 radical (unpaired) electrons. The number of hydrogen-bond acceptors (Lipinski definition) is 8. The van der Waals surface area contributed by atoms with Crippen LogP contribution in [0, 0.1) is 18.3 Å². The Balaban J connectivity index is 1.37. The van der Waals surface area contributed by atoms with Crippen LogP contribution in [0.1, 0.15) is 48.3 Å². The maximum absolute atomic E-state index is 12.5. The zero-order valence-corrected chi connectivity index (χ0v) is 20.8. The number of nitriles is 1. The van der Waals surface area contributed by atoms with Crippen molar-refractivity contribution in [2.24, 2.45) is 0 Å². The van der Waals surface area contributed by atoms with Crippen LogP contribution in [0.25, 0.3) is 0 Å². The molecule has 0 fully saturated rings. The Morgan fingerprint density at radius 2 is 1.89 bits per heavy atom. The molecule has 35 heavy (non-hydrogen) atoms. The van der Waals surface area contributed by atoms with Gasteiger partial charge < -0.3 is 9.84 Å². The van der Waals surface area contributed by atoms with E-state index in [2.05, 4.69) is 21.3 Å². The van der Waals surface area contributed by atoms with Gasteiger partial charge in [0.1, 0.15) is 16.9 Å². The van der Waals surface area contributed by atoms with Crippen molar-refractivity contribution in [2.45, 2.75) is 55.4 Å². The first-order chi connectivity index (χ1) is 16.8. The Kier molecular flexibility index (Phi) is 7.73. The number of fused-ring (bicyclic) bond motifs is 1. The van der Waals surface area contributed by atoms with Gasteiger partial charge in [-0.2, -0.15) is 5.26 Å². The van der Waals surface area contributed by atoms with Gasteiger partial charge >= 0.3 is 0 Å². The maximum Gasteiger partial charge on any atom is 0.263 e. The first-order valence-electron chi connectivity index (χ1n) is 11.3. The van der Waals surface area contributed by atoms with Gasteiger partial charge in [0.2, 0.25) is 5.91 Å². The second-order valence-electron chi connectivity index (χ2n) is 8.26. The van der Waals surface area contributed by atoms with E-state index >= 15 is 0 Å². The average Bonchev–Trinajstić information content (AvgIpc) is 3.22. The number of sulfonamides is 1. The van der Waals surface area contributed by atoms with E-state index < -0.39 is 10.0 Å². The number of thioether (sulfide) groups is 1. The molecule has 2 heterocycles. The number of benzene rings is 1.